The van der Waals surface area contributed by atoms with E-state index in [-0.39, 0.29) is 24.0 Å². The van der Waals surface area contributed by atoms with Crippen LogP contribution in [0.5, 0.6) is 0 Å². The highest BCUT2D eigenvalue weighted by molar-refractivity contribution is 14.0. The lowest BCUT2D eigenvalue weighted by Crippen LogP contribution is -2.47. The molecule has 172 valence electrons. The zero-order chi connectivity index (χ0) is 20.6. The third kappa shape index (κ3) is 11.3. The number of nitrogens with zero attached hydrogens (tertiary/aromatic N) is 5. The highest BCUT2D eigenvalue weighted by Crippen LogP contribution is 2.09. The van der Waals surface area contributed by atoms with Crippen LogP contribution in [-0.2, 0) is 4.74 Å². The number of ether oxygens (including phenoxy) is 1. The Labute approximate surface area is 199 Å². The summed E-state index contributed by atoms with van der Waals surface area (Å²) in [6.45, 7) is 13.7. The molecular weight excluding hydrogens is 493 g/mol. The van der Waals surface area contributed by atoms with E-state index in [1.165, 1.54) is 6.42 Å². The maximum atomic E-state index is 5.59. The molecular formula is C21H40IN7O. The van der Waals surface area contributed by atoms with Gasteiger partial charge in [-0.05, 0) is 38.8 Å². The number of anilines is 1. The molecule has 0 amide bonds. The molecule has 0 unspecified atom stereocenters. The number of hydrogen-bond donors (Lipinski definition) is 2. The summed E-state index contributed by atoms with van der Waals surface area (Å²) in [5.74, 6) is 1.75. The lowest BCUT2D eigenvalue weighted by atomic mass is 10.3. The van der Waals surface area contributed by atoms with Gasteiger partial charge in [-0.3, -0.25) is 9.89 Å². The average molecular weight is 534 g/mol. The van der Waals surface area contributed by atoms with Crippen LogP contribution in [0.25, 0.3) is 0 Å². The molecule has 0 saturated carbocycles. The maximum Gasteiger partial charge on any atom is 0.225 e. The van der Waals surface area contributed by atoms with Crippen LogP contribution in [0.4, 0.5) is 5.95 Å². The Morgan fingerprint density at radius 2 is 1.77 bits per heavy atom. The molecule has 1 aromatic heterocycles. The zero-order valence-electron chi connectivity index (χ0n) is 18.7. The molecule has 1 aliphatic heterocycles. The fraction of sp³-hybridized carbons (Fsp3) is 0.762. The number of halogens is 1. The van der Waals surface area contributed by atoms with E-state index in [9.17, 15) is 0 Å². The summed E-state index contributed by atoms with van der Waals surface area (Å²) >= 11 is 0. The Kier molecular flexibility index (Phi) is 15.6. The van der Waals surface area contributed by atoms with Gasteiger partial charge in [-0.2, -0.15) is 0 Å². The van der Waals surface area contributed by atoms with Crippen molar-refractivity contribution < 1.29 is 4.74 Å². The fourth-order valence-corrected chi connectivity index (χ4v) is 3.18. The number of nitrogens with one attached hydrogen (secondary N) is 2. The van der Waals surface area contributed by atoms with E-state index in [2.05, 4.69) is 49.2 Å². The van der Waals surface area contributed by atoms with Gasteiger partial charge < -0.3 is 20.3 Å². The Morgan fingerprint density at radius 3 is 2.47 bits per heavy atom. The minimum atomic E-state index is 0. The van der Waals surface area contributed by atoms with Crippen molar-refractivity contribution in [2.75, 3.05) is 70.5 Å². The molecule has 0 radical (unpaired) electrons. The van der Waals surface area contributed by atoms with Gasteiger partial charge in [0, 0.05) is 71.4 Å². The molecule has 0 spiro atoms. The Balaban J connectivity index is 0.00000450. The normalized spacial score (nSPS) is 15.0. The summed E-state index contributed by atoms with van der Waals surface area (Å²) in [5, 5.41) is 6.77. The molecule has 0 aromatic carbocycles. The minimum Gasteiger partial charge on any atom is -0.381 e. The average Bonchev–Trinajstić information content (AvgIpc) is 2.77. The number of hydrogen-bond acceptors (Lipinski definition) is 6. The standard InChI is InChI=1S/C21H39N7O.HI/c1-3-5-18-29-19-8-12-24-20(22-4-2)23-11-7-13-27-14-16-28(17-15-27)21-25-9-6-10-26-21;/h6,9-10H,3-5,7-8,11-19H2,1-2H3,(H2,22,23,24);1H. The van der Waals surface area contributed by atoms with E-state index in [0.29, 0.717) is 0 Å². The Hall–Kier alpha value is -1.20. The van der Waals surface area contributed by atoms with Crippen LogP contribution in [0.15, 0.2) is 23.5 Å². The Bertz CT molecular complexity index is 554. The van der Waals surface area contributed by atoms with Crippen molar-refractivity contribution in [3.8, 4) is 0 Å². The predicted molar refractivity (Wildman–Crippen MR) is 135 cm³/mol. The molecule has 1 fully saturated rings. The second kappa shape index (κ2) is 17.5. The van der Waals surface area contributed by atoms with Crippen molar-refractivity contribution in [1.29, 1.82) is 0 Å². The number of aliphatic imine (C=N–C) groups is 1. The van der Waals surface area contributed by atoms with Crippen LogP contribution in [0.2, 0.25) is 0 Å². The molecule has 0 aliphatic carbocycles. The Morgan fingerprint density at radius 1 is 1.03 bits per heavy atom. The van der Waals surface area contributed by atoms with E-state index in [4.69, 9.17) is 4.74 Å². The van der Waals surface area contributed by atoms with Gasteiger partial charge in [-0.1, -0.05) is 13.3 Å². The second-order valence-corrected chi connectivity index (χ2v) is 7.24. The lowest BCUT2D eigenvalue weighted by molar-refractivity contribution is 0.130. The zero-order valence-corrected chi connectivity index (χ0v) is 21.0. The highest BCUT2D eigenvalue weighted by atomic mass is 127. The van der Waals surface area contributed by atoms with Crippen molar-refractivity contribution in [3.63, 3.8) is 0 Å². The topological polar surface area (TPSA) is 77.9 Å². The van der Waals surface area contributed by atoms with Crippen molar-refractivity contribution >= 4 is 35.9 Å². The number of guanidine groups is 1. The third-order valence-electron chi connectivity index (χ3n) is 4.85. The summed E-state index contributed by atoms with van der Waals surface area (Å²) in [5.41, 5.74) is 0. The summed E-state index contributed by atoms with van der Waals surface area (Å²) in [4.78, 5) is 18.1. The van der Waals surface area contributed by atoms with Gasteiger partial charge in [0.15, 0.2) is 5.96 Å². The van der Waals surface area contributed by atoms with Crippen molar-refractivity contribution in [3.05, 3.63) is 18.5 Å². The third-order valence-corrected chi connectivity index (χ3v) is 4.85. The SMILES string of the molecule is CCCCOCCCN=C(NCC)NCCCN1CCN(c2ncccn2)CC1.I. The lowest BCUT2D eigenvalue weighted by Gasteiger charge is -2.34. The molecule has 30 heavy (non-hydrogen) atoms. The molecule has 1 aliphatic rings. The number of rotatable bonds is 13. The molecule has 1 saturated heterocycles. The van der Waals surface area contributed by atoms with Crippen LogP contribution >= 0.6 is 24.0 Å². The quantitative estimate of drug-likeness (QED) is 0.175. The van der Waals surface area contributed by atoms with Crippen molar-refractivity contribution in [2.24, 2.45) is 4.99 Å². The molecule has 8 nitrogen and oxygen atoms in total. The number of unbranched alkanes of at least 4 members (excludes halogenated alkanes) is 1. The van der Waals surface area contributed by atoms with Crippen molar-refractivity contribution in [2.45, 2.75) is 39.5 Å². The van der Waals surface area contributed by atoms with Gasteiger partial charge in [0.05, 0.1) is 0 Å². The highest BCUT2D eigenvalue weighted by Gasteiger charge is 2.18. The molecule has 0 atom stereocenters. The van der Waals surface area contributed by atoms with E-state index in [1.807, 2.05) is 18.5 Å². The smallest absolute Gasteiger partial charge is 0.225 e. The molecule has 1 aromatic rings. The van der Waals surface area contributed by atoms with E-state index < -0.39 is 0 Å². The molecule has 2 heterocycles. The van der Waals surface area contributed by atoms with Gasteiger partial charge in [-0.25, -0.2) is 9.97 Å². The molecule has 0 bridgehead atoms. The van der Waals surface area contributed by atoms with Crippen molar-refractivity contribution in [1.82, 2.24) is 25.5 Å². The van der Waals surface area contributed by atoms with Crippen LogP contribution < -0.4 is 15.5 Å². The van der Waals surface area contributed by atoms with E-state index >= 15 is 0 Å². The van der Waals surface area contributed by atoms with Gasteiger partial charge >= 0.3 is 0 Å². The van der Waals surface area contributed by atoms with Crippen LogP contribution in [0, 0.1) is 0 Å². The van der Waals surface area contributed by atoms with E-state index in [1.54, 1.807) is 0 Å². The first-order valence-corrected chi connectivity index (χ1v) is 11.2. The van der Waals surface area contributed by atoms with E-state index in [0.717, 1.165) is 96.7 Å². The fourth-order valence-electron chi connectivity index (χ4n) is 3.18. The minimum absolute atomic E-state index is 0. The number of aromatic nitrogens is 2. The first-order valence-electron chi connectivity index (χ1n) is 11.2. The molecule has 9 heteroatoms. The van der Waals surface area contributed by atoms with Crippen LogP contribution in [0.1, 0.15) is 39.5 Å². The second-order valence-electron chi connectivity index (χ2n) is 7.24. The number of piperazine rings is 1. The van der Waals surface area contributed by atoms with Gasteiger partial charge in [0.1, 0.15) is 0 Å². The summed E-state index contributed by atoms with van der Waals surface area (Å²) in [6, 6.07) is 1.86. The maximum absolute atomic E-state index is 5.59. The first-order chi connectivity index (χ1) is 14.3. The van der Waals surface area contributed by atoms with Crippen LogP contribution in [0.3, 0.4) is 0 Å². The molecule has 2 N–H and O–H groups in total. The van der Waals surface area contributed by atoms with Gasteiger partial charge in [0.25, 0.3) is 0 Å². The summed E-state index contributed by atoms with van der Waals surface area (Å²) in [6.07, 6.45) is 8.01. The largest absolute Gasteiger partial charge is 0.381 e. The summed E-state index contributed by atoms with van der Waals surface area (Å²) in [7, 11) is 0. The van der Waals surface area contributed by atoms with Gasteiger partial charge in [-0.15, -0.1) is 24.0 Å². The van der Waals surface area contributed by atoms with Gasteiger partial charge in [0.2, 0.25) is 5.95 Å². The first kappa shape index (κ1) is 26.8. The van der Waals surface area contributed by atoms with Crippen LogP contribution in [-0.4, -0.2) is 86.4 Å². The monoisotopic (exact) mass is 533 g/mol. The molecule has 2 rings (SSSR count). The predicted octanol–water partition coefficient (Wildman–Crippen LogP) is 2.37. The summed E-state index contributed by atoms with van der Waals surface area (Å²) < 4.78 is 5.59.